The summed E-state index contributed by atoms with van der Waals surface area (Å²) in [5, 5.41) is 3.21. The van der Waals surface area contributed by atoms with Gasteiger partial charge in [-0.25, -0.2) is 14.4 Å². The van der Waals surface area contributed by atoms with Gasteiger partial charge >= 0.3 is 0 Å². The predicted molar refractivity (Wildman–Crippen MR) is 65.2 cm³/mol. The van der Waals surface area contributed by atoms with E-state index in [2.05, 4.69) is 15.3 Å². The standard InChI is InChI=1S/C12H10FN3.ClH/c13-10-3-1-8(2-4-10)12-15-6-9-5-14-7-11(9)16-12;/h1-4,6,14H,5,7H2;1H. The molecule has 0 unspecified atom stereocenters. The Morgan fingerprint density at radius 1 is 1.12 bits per heavy atom. The van der Waals surface area contributed by atoms with Gasteiger partial charge in [-0.2, -0.15) is 0 Å². The Bertz CT molecular complexity index is 528. The van der Waals surface area contributed by atoms with Gasteiger partial charge in [0.25, 0.3) is 0 Å². The van der Waals surface area contributed by atoms with Crippen molar-refractivity contribution in [2.24, 2.45) is 0 Å². The molecule has 0 saturated heterocycles. The molecule has 1 aliphatic rings. The van der Waals surface area contributed by atoms with E-state index in [4.69, 9.17) is 0 Å². The molecule has 0 amide bonds. The SMILES string of the molecule is Cl.Fc1ccc(-c2ncc3c(n2)CNC3)cc1. The Morgan fingerprint density at radius 2 is 1.88 bits per heavy atom. The molecule has 3 rings (SSSR count). The van der Waals surface area contributed by atoms with Crippen molar-refractivity contribution in [1.82, 2.24) is 15.3 Å². The maximum atomic E-state index is 12.8. The van der Waals surface area contributed by atoms with Gasteiger partial charge in [-0.3, -0.25) is 0 Å². The van der Waals surface area contributed by atoms with Crippen molar-refractivity contribution in [2.75, 3.05) is 0 Å². The number of halogens is 2. The van der Waals surface area contributed by atoms with Crippen LogP contribution in [0.1, 0.15) is 11.3 Å². The zero-order valence-electron chi connectivity index (χ0n) is 8.98. The van der Waals surface area contributed by atoms with Gasteiger partial charge in [0.1, 0.15) is 5.82 Å². The van der Waals surface area contributed by atoms with Gasteiger partial charge in [0, 0.05) is 30.4 Å². The molecule has 17 heavy (non-hydrogen) atoms. The van der Waals surface area contributed by atoms with Crippen molar-refractivity contribution < 1.29 is 4.39 Å². The van der Waals surface area contributed by atoms with E-state index in [1.807, 2.05) is 6.20 Å². The van der Waals surface area contributed by atoms with Crippen LogP contribution in [0.15, 0.2) is 30.5 Å². The van der Waals surface area contributed by atoms with Gasteiger partial charge in [-0.1, -0.05) is 0 Å². The molecular formula is C12H11ClFN3. The molecule has 1 aromatic carbocycles. The molecule has 0 radical (unpaired) electrons. The lowest BCUT2D eigenvalue weighted by molar-refractivity contribution is 0.628. The second-order valence-electron chi connectivity index (χ2n) is 3.78. The fraction of sp³-hybridized carbons (Fsp3) is 0.167. The number of hydrogen-bond acceptors (Lipinski definition) is 3. The van der Waals surface area contributed by atoms with Crippen LogP contribution in [0, 0.1) is 5.82 Å². The van der Waals surface area contributed by atoms with E-state index >= 15 is 0 Å². The molecular weight excluding hydrogens is 241 g/mol. The molecule has 3 nitrogen and oxygen atoms in total. The van der Waals surface area contributed by atoms with Crippen LogP contribution in [0.5, 0.6) is 0 Å². The third kappa shape index (κ3) is 2.28. The molecule has 88 valence electrons. The summed E-state index contributed by atoms with van der Waals surface area (Å²) in [6.45, 7) is 1.62. The normalized spacial score (nSPS) is 13.0. The predicted octanol–water partition coefficient (Wildman–Crippen LogP) is 2.31. The highest BCUT2D eigenvalue weighted by Gasteiger charge is 2.13. The molecule has 1 aromatic heterocycles. The van der Waals surface area contributed by atoms with Crippen LogP contribution < -0.4 is 5.32 Å². The highest BCUT2D eigenvalue weighted by molar-refractivity contribution is 5.85. The monoisotopic (exact) mass is 251 g/mol. The van der Waals surface area contributed by atoms with Crippen molar-refractivity contribution >= 4 is 12.4 Å². The van der Waals surface area contributed by atoms with Crippen molar-refractivity contribution in [3.63, 3.8) is 0 Å². The molecule has 0 atom stereocenters. The van der Waals surface area contributed by atoms with E-state index in [9.17, 15) is 4.39 Å². The minimum atomic E-state index is -0.244. The van der Waals surface area contributed by atoms with Crippen molar-refractivity contribution in [2.45, 2.75) is 13.1 Å². The van der Waals surface area contributed by atoms with Crippen LogP contribution in [0.3, 0.4) is 0 Å². The summed E-state index contributed by atoms with van der Waals surface area (Å²) in [6, 6.07) is 6.23. The summed E-state index contributed by atoms with van der Waals surface area (Å²) in [7, 11) is 0. The van der Waals surface area contributed by atoms with E-state index in [0.29, 0.717) is 5.82 Å². The number of nitrogens with one attached hydrogen (secondary N) is 1. The largest absolute Gasteiger partial charge is 0.307 e. The number of hydrogen-bond donors (Lipinski definition) is 1. The van der Waals surface area contributed by atoms with Crippen molar-refractivity contribution in [1.29, 1.82) is 0 Å². The molecule has 5 heteroatoms. The van der Waals surface area contributed by atoms with Gasteiger partial charge < -0.3 is 5.32 Å². The van der Waals surface area contributed by atoms with Gasteiger partial charge in [0.15, 0.2) is 5.82 Å². The number of rotatable bonds is 1. The summed E-state index contributed by atoms with van der Waals surface area (Å²) in [5.41, 5.74) is 3.02. The number of benzene rings is 1. The Hall–Kier alpha value is -1.52. The average molecular weight is 252 g/mol. The van der Waals surface area contributed by atoms with E-state index in [1.165, 1.54) is 12.1 Å². The quantitative estimate of drug-likeness (QED) is 0.845. The van der Waals surface area contributed by atoms with Gasteiger partial charge in [0.2, 0.25) is 0 Å². The van der Waals surface area contributed by atoms with Crippen LogP contribution in [0.25, 0.3) is 11.4 Å². The minimum absolute atomic E-state index is 0. The second-order valence-corrected chi connectivity index (χ2v) is 3.78. The van der Waals surface area contributed by atoms with E-state index in [0.717, 1.165) is 29.9 Å². The van der Waals surface area contributed by atoms with E-state index < -0.39 is 0 Å². The third-order valence-corrected chi connectivity index (χ3v) is 2.66. The zero-order chi connectivity index (χ0) is 11.0. The lowest BCUT2D eigenvalue weighted by Gasteiger charge is -2.02. The van der Waals surface area contributed by atoms with Gasteiger partial charge in [-0.05, 0) is 24.3 Å². The number of aromatic nitrogens is 2. The molecule has 0 fully saturated rings. The fourth-order valence-corrected chi connectivity index (χ4v) is 1.80. The molecule has 0 spiro atoms. The van der Waals surface area contributed by atoms with Crippen LogP contribution in [0.4, 0.5) is 4.39 Å². The third-order valence-electron chi connectivity index (χ3n) is 2.66. The molecule has 0 aliphatic carbocycles. The van der Waals surface area contributed by atoms with Crippen LogP contribution in [0.2, 0.25) is 0 Å². The van der Waals surface area contributed by atoms with E-state index in [1.54, 1.807) is 12.1 Å². The Labute approximate surface area is 105 Å². The minimum Gasteiger partial charge on any atom is -0.307 e. The molecule has 0 saturated carbocycles. The first-order chi connectivity index (χ1) is 7.83. The molecule has 0 bridgehead atoms. The Balaban J connectivity index is 0.00000108. The lowest BCUT2D eigenvalue weighted by Crippen LogP contribution is -2.00. The number of fused-ring (bicyclic) bond motifs is 1. The summed E-state index contributed by atoms with van der Waals surface area (Å²) < 4.78 is 12.8. The first-order valence-corrected chi connectivity index (χ1v) is 5.14. The van der Waals surface area contributed by atoms with Crippen LogP contribution in [-0.2, 0) is 13.1 Å². The Morgan fingerprint density at radius 3 is 2.65 bits per heavy atom. The maximum Gasteiger partial charge on any atom is 0.159 e. The molecule has 2 heterocycles. The summed E-state index contributed by atoms with van der Waals surface area (Å²) in [5.74, 6) is 0.411. The summed E-state index contributed by atoms with van der Waals surface area (Å²) in [6.07, 6.45) is 1.83. The fourth-order valence-electron chi connectivity index (χ4n) is 1.80. The second kappa shape index (κ2) is 4.77. The van der Waals surface area contributed by atoms with Crippen molar-refractivity contribution in [3.8, 4) is 11.4 Å². The Kier molecular flexibility index (Phi) is 3.36. The highest BCUT2D eigenvalue weighted by atomic mass is 35.5. The molecule has 1 aliphatic heterocycles. The first-order valence-electron chi connectivity index (χ1n) is 5.14. The zero-order valence-corrected chi connectivity index (χ0v) is 9.80. The van der Waals surface area contributed by atoms with Crippen molar-refractivity contribution in [3.05, 3.63) is 47.5 Å². The summed E-state index contributed by atoms with van der Waals surface area (Å²) in [4.78, 5) is 8.73. The number of nitrogens with zero attached hydrogens (tertiary/aromatic N) is 2. The van der Waals surface area contributed by atoms with Crippen LogP contribution >= 0.6 is 12.4 Å². The smallest absolute Gasteiger partial charge is 0.159 e. The van der Waals surface area contributed by atoms with Crippen LogP contribution in [-0.4, -0.2) is 9.97 Å². The van der Waals surface area contributed by atoms with Gasteiger partial charge in [0.05, 0.1) is 5.69 Å². The molecule has 2 aromatic rings. The molecule has 1 N–H and O–H groups in total. The van der Waals surface area contributed by atoms with E-state index in [-0.39, 0.29) is 18.2 Å². The topological polar surface area (TPSA) is 37.8 Å². The highest BCUT2D eigenvalue weighted by Crippen LogP contribution is 2.18. The maximum absolute atomic E-state index is 12.8. The summed E-state index contributed by atoms with van der Waals surface area (Å²) >= 11 is 0. The first kappa shape index (κ1) is 12.0. The van der Waals surface area contributed by atoms with Gasteiger partial charge in [-0.15, -0.1) is 12.4 Å². The lowest BCUT2D eigenvalue weighted by atomic mass is 10.2. The average Bonchev–Trinajstić information content (AvgIpc) is 2.77.